The van der Waals surface area contributed by atoms with Gasteiger partial charge in [0, 0.05) is 27.5 Å². The number of aromatic nitrogens is 4. The Bertz CT molecular complexity index is 2530. The highest BCUT2D eigenvalue weighted by Crippen LogP contribution is 2.35. The van der Waals surface area contributed by atoms with E-state index >= 15 is 0 Å². The van der Waals surface area contributed by atoms with E-state index in [4.69, 9.17) is 15.0 Å². The first-order valence-corrected chi connectivity index (χ1v) is 15.1. The van der Waals surface area contributed by atoms with Gasteiger partial charge in [-0.25, -0.2) is 15.0 Å². The van der Waals surface area contributed by atoms with Crippen molar-refractivity contribution in [3.63, 3.8) is 0 Å². The van der Waals surface area contributed by atoms with Gasteiger partial charge in [-0.15, -0.1) is 0 Å². The predicted octanol–water partition coefficient (Wildman–Crippen LogP) is 10.3. The van der Waals surface area contributed by atoms with Gasteiger partial charge in [-0.05, 0) is 47.5 Å². The van der Waals surface area contributed by atoms with Crippen LogP contribution in [0.1, 0.15) is 0 Å². The highest BCUT2D eigenvalue weighted by atomic mass is 14.9. The lowest BCUT2D eigenvalue weighted by Crippen LogP contribution is -1.97. The van der Waals surface area contributed by atoms with Gasteiger partial charge >= 0.3 is 0 Å². The number of benzene rings is 6. The summed E-state index contributed by atoms with van der Waals surface area (Å²) < 4.78 is 2.32. The molecule has 0 aliphatic carbocycles. The molecule has 0 N–H and O–H groups in total. The molecular weight excluding hydrogens is 548 g/mol. The van der Waals surface area contributed by atoms with Gasteiger partial charge in [0.2, 0.25) is 0 Å². The van der Waals surface area contributed by atoms with E-state index in [0.717, 1.165) is 55.5 Å². The minimum atomic E-state index is 0.690. The molecule has 9 rings (SSSR count). The highest BCUT2D eigenvalue weighted by Gasteiger charge is 2.16. The Kier molecular flexibility index (Phi) is 5.78. The molecule has 0 atom stereocenters. The molecule has 6 aromatic carbocycles. The fourth-order valence-corrected chi connectivity index (χ4v) is 6.41. The second kappa shape index (κ2) is 10.2. The first-order chi connectivity index (χ1) is 22.3. The smallest absolute Gasteiger partial charge is 0.160 e. The molecule has 0 bridgehead atoms. The summed E-state index contributed by atoms with van der Waals surface area (Å²) >= 11 is 0. The zero-order valence-corrected chi connectivity index (χ0v) is 24.3. The number of para-hydroxylation sites is 4. The molecule has 0 saturated carbocycles. The molecule has 0 spiro atoms. The summed E-state index contributed by atoms with van der Waals surface area (Å²) in [4.78, 5) is 15.4. The lowest BCUT2D eigenvalue weighted by atomic mass is 10.0. The maximum Gasteiger partial charge on any atom is 0.160 e. The Morgan fingerprint density at radius 1 is 0.356 bits per heavy atom. The molecule has 45 heavy (non-hydrogen) atoms. The Hall–Kier alpha value is -6.13. The van der Waals surface area contributed by atoms with Gasteiger partial charge in [0.15, 0.2) is 5.82 Å². The van der Waals surface area contributed by atoms with E-state index in [2.05, 4.69) is 138 Å². The molecule has 3 aromatic heterocycles. The minimum absolute atomic E-state index is 0.690. The summed E-state index contributed by atoms with van der Waals surface area (Å²) in [6.07, 6.45) is 0. The van der Waals surface area contributed by atoms with Crippen LogP contribution in [-0.2, 0) is 0 Å². The van der Waals surface area contributed by atoms with Crippen LogP contribution in [0.2, 0.25) is 0 Å². The summed E-state index contributed by atoms with van der Waals surface area (Å²) in [5.74, 6) is 0.690. The summed E-state index contributed by atoms with van der Waals surface area (Å²) in [7, 11) is 0. The van der Waals surface area contributed by atoms with E-state index in [-0.39, 0.29) is 0 Å². The van der Waals surface area contributed by atoms with Gasteiger partial charge < -0.3 is 4.40 Å². The number of rotatable bonds is 4. The van der Waals surface area contributed by atoms with Crippen LogP contribution >= 0.6 is 0 Å². The molecule has 9 aromatic rings. The number of hydrogen-bond acceptors (Lipinski definition) is 3. The highest BCUT2D eigenvalue weighted by molar-refractivity contribution is 5.99. The molecule has 210 valence electrons. The average Bonchev–Trinajstić information content (AvgIpc) is 3.51. The third kappa shape index (κ3) is 4.27. The quantitative estimate of drug-likeness (QED) is 0.210. The van der Waals surface area contributed by atoms with Crippen molar-refractivity contribution in [1.82, 2.24) is 19.4 Å². The Morgan fingerprint density at radius 2 is 1.00 bits per heavy atom. The standard InChI is InChI=1S/C41H26N4/c1-2-11-27(12-3-1)28-21-23-29(24-22-28)39-33-16-5-6-17-34(33)43-41(44-39)32-15-10-14-31(25-32)40-38-26-30-13-4-8-19-36(30)45(38)37-20-9-7-18-35(37)42-40/h1-26H. The van der Waals surface area contributed by atoms with Crippen LogP contribution in [0.4, 0.5) is 0 Å². The van der Waals surface area contributed by atoms with Crippen LogP contribution in [0.5, 0.6) is 0 Å². The van der Waals surface area contributed by atoms with Gasteiger partial charge in [0.1, 0.15) is 0 Å². The number of fused-ring (bicyclic) bond motifs is 6. The van der Waals surface area contributed by atoms with E-state index in [9.17, 15) is 0 Å². The fraction of sp³-hybridized carbons (Fsp3) is 0. The van der Waals surface area contributed by atoms with Crippen LogP contribution < -0.4 is 0 Å². The van der Waals surface area contributed by atoms with Crippen molar-refractivity contribution in [3.8, 4) is 45.0 Å². The summed E-state index contributed by atoms with van der Waals surface area (Å²) in [5.41, 5.74) is 12.5. The molecular formula is C41H26N4. The lowest BCUT2D eigenvalue weighted by Gasteiger charge is -2.12. The van der Waals surface area contributed by atoms with Crippen molar-refractivity contribution in [2.24, 2.45) is 0 Å². The molecule has 0 unspecified atom stereocenters. The van der Waals surface area contributed by atoms with Crippen molar-refractivity contribution in [2.75, 3.05) is 0 Å². The van der Waals surface area contributed by atoms with Crippen molar-refractivity contribution >= 4 is 38.4 Å². The molecule has 3 heterocycles. The van der Waals surface area contributed by atoms with E-state index in [1.54, 1.807) is 0 Å². The molecule has 4 nitrogen and oxygen atoms in total. The summed E-state index contributed by atoms with van der Waals surface area (Å²) in [6, 6.07) is 54.9. The van der Waals surface area contributed by atoms with Crippen LogP contribution in [0, 0.1) is 0 Å². The number of nitrogens with zero attached hydrogens (tertiary/aromatic N) is 4. The van der Waals surface area contributed by atoms with Gasteiger partial charge in [-0.1, -0.05) is 121 Å². The van der Waals surface area contributed by atoms with Crippen molar-refractivity contribution < 1.29 is 0 Å². The molecule has 0 radical (unpaired) electrons. The van der Waals surface area contributed by atoms with Crippen molar-refractivity contribution in [2.45, 2.75) is 0 Å². The third-order valence-electron chi connectivity index (χ3n) is 8.57. The normalized spacial score (nSPS) is 11.6. The van der Waals surface area contributed by atoms with Crippen LogP contribution in [0.25, 0.3) is 83.4 Å². The maximum absolute atomic E-state index is 5.19. The Balaban J connectivity index is 1.21. The molecule has 0 saturated heterocycles. The average molecular weight is 575 g/mol. The molecule has 0 amide bonds. The van der Waals surface area contributed by atoms with E-state index < -0.39 is 0 Å². The SMILES string of the molecule is c1ccc(-c2ccc(-c3nc(-c4cccc(-c5nc6ccccc6n6c5cc5ccccc56)c4)nc4ccccc34)cc2)cc1. The van der Waals surface area contributed by atoms with Crippen LogP contribution in [0.3, 0.4) is 0 Å². The maximum atomic E-state index is 5.19. The largest absolute Gasteiger partial charge is 0.306 e. The third-order valence-corrected chi connectivity index (χ3v) is 8.57. The molecule has 0 aliphatic rings. The van der Waals surface area contributed by atoms with Gasteiger partial charge in [-0.2, -0.15) is 0 Å². The van der Waals surface area contributed by atoms with E-state index in [1.165, 1.54) is 22.0 Å². The van der Waals surface area contributed by atoms with Gasteiger partial charge in [-0.3, -0.25) is 0 Å². The topological polar surface area (TPSA) is 43.1 Å². The van der Waals surface area contributed by atoms with Crippen LogP contribution in [-0.4, -0.2) is 19.4 Å². The lowest BCUT2D eigenvalue weighted by molar-refractivity contribution is 1.23. The second-order valence-electron chi connectivity index (χ2n) is 11.3. The van der Waals surface area contributed by atoms with Crippen LogP contribution in [0.15, 0.2) is 158 Å². The first-order valence-electron chi connectivity index (χ1n) is 15.1. The van der Waals surface area contributed by atoms with E-state index in [0.29, 0.717) is 5.82 Å². The zero-order chi connectivity index (χ0) is 29.7. The molecule has 0 aliphatic heterocycles. The van der Waals surface area contributed by atoms with Gasteiger partial charge in [0.25, 0.3) is 0 Å². The fourth-order valence-electron chi connectivity index (χ4n) is 6.41. The number of hydrogen-bond donors (Lipinski definition) is 0. The monoisotopic (exact) mass is 574 g/mol. The summed E-state index contributed by atoms with van der Waals surface area (Å²) in [5, 5.41) is 2.22. The molecule has 0 fully saturated rings. The zero-order valence-electron chi connectivity index (χ0n) is 24.3. The second-order valence-corrected chi connectivity index (χ2v) is 11.3. The molecule has 4 heteroatoms. The first kappa shape index (κ1) is 25.4. The predicted molar refractivity (Wildman–Crippen MR) is 185 cm³/mol. The Morgan fingerprint density at radius 3 is 1.87 bits per heavy atom. The Labute approximate surface area is 259 Å². The van der Waals surface area contributed by atoms with Gasteiger partial charge in [0.05, 0.1) is 39.0 Å². The minimum Gasteiger partial charge on any atom is -0.306 e. The van der Waals surface area contributed by atoms with Crippen molar-refractivity contribution in [1.29, 1.82) is 0 Å². The van der Waals surface area contributed by atoms with Crippen molar-refractivity contribution in [3.05, 3.63) is 158 Å². The van der Waals surface area contributed by atoms with E-state index in [1.807, 2.05) is 24.3 Å². The summed E-state index contributed by atoms with van der Waals surface area (Å²) in [6.45, 7) is 0.